The molecule has 2 nitrogen and oxygen atoms in total. The van der Waals surface area contributed by atoms with Gasteiger partial charge in [-0.05, 0) is 42.4 Å². The highest BCUT2D eigenvalue weighted by molar-refractivity contribution is 6.30. The summed E-state index contributed by atoms with van der Waals surface area (Å²) in [5.74, 6) is 0. The van der Waals surface area contributed by atoms with Gasteiger partial charge in [0.15, 0.2) is 0 Å². The molecule has 1 aromatic heterocycles. The molecule has 1 aromatic carbocycles. The molecule has 0 radical (unpaired) electrons. The van der Waals surface area contributed by atoms with E-state index in [2.05, 4.69) is 16.9 Å². The number of pyridine rings is 1. The van der Waals surface area contributed by atoms with Gasteiger partial charge in [0, 0.05) is 24.3 Å². The molecular formula is C14H14Cl2N2. The largest absolute Gasteiger partial charge is 0.298 e. The summed E-state index contributed by atoms with van der Waals surface area (Å²) in [6.45, 7) is 1.71. The van der Waals surface area contributed by atoms with Gasteiger partial charge in [0.25, 0.3) is 0 Å². The predicted molar refractivity (Wildman–Crippen MR) is 75.9 cm³/mol. The van der Waals surface area contributed by atoms with E-state index < -0.39 is 0 Å². The van der Waals surface area contributed by atoms with Gasteiger partial charge in [0.05, 0.1) is 0 Å². The highest BCUT2D eigenvalue weighted by Crippen LogP contribution is 2.13. The fourth-order valence-corrected chi connectivity index (χ4v) is 2.13. The average molecular weight is 281 g/mol. The van der Waals surface area contributed by atoms with Crippen LogP contribution in [0.25, 0.3) is 0 Å². The van der Waals surface area contributed by atoms with Crippen LogP contribution in [-0.2, 0) is 13.1 Å². The minimum Gasteiger partial charge on any atom is -0.298 e. The first kappa shape index (κ1) is 13.3. The maximum absolute atomic E-state index is 5.86. The van der Waals surface area contributed by atoms with Gasteiger partial charge in [-0.1, -0.05) is 35.3 Å². The van der Waals surface area contributed by atoms with Crippen molar-refractivity contribution in [1.29, 1.82) is 0 Å². The van der Waals surface area contributed by atoms with Gasteiger partial charge in [-0.15, -0.1) is 0 Å². The number of hydrogen-bond acceptors (Lipinski definition) is 2. The van der Waals surface area contributed by atoms with Crippen LogP contribution in [0.4, 0.5) is 0 Å². The second kappa shape index (κ2) is 6.19. The van der Waals surface area contributed by atoms with E-state index in [9.17, 15) is 0 Å². The third kappa shape index (κ3) is 3.98. The van der Waals surface area contributed by atoms with E-state index in [1.165, 1.54) is 5.56 Å². The average Bonchev–Trinajstić information content (AvgIpc) is 2.32. The first-order valence-electron chi connectivity index (χ1n) is 5.67. The number of benzene rings is 1. The maximum atomic E-state index is 5.86. The molecule has 2 rings (SSSR count). The zero-order chi connectivity index (χ0) is 13.0. The summed E-state index contributed by atoms with van der Waals surface area (Å²) in [7, 11) is 2.07. The molecule has 0 bridgehead atoms. The van der Waals surface area contributed by atoms with Crippen molar-refractivity contribution in [2.75, 3.05) is 7.05 Å². The lowest BCUT2D eigenvalue weighted by Crippen LogP contribution is -2.17. The predicted octanol–water partition coefficient (Wildman–Crippen LogP) is 4.02. The van der Waals surface area contributed by atoms with E-state index in [0.717, 1.165) is 23.7 Å². The summed E-state index contributed by atoms with van der Waals surface area (Å²) in [6, 6.07) is 11.8. The molecule has 94 valence electrons. The SMILES string of the molecule is CN(Cc1ccc(Cl)cc1)Cc1ccnc(Cl)c1. The van der Waals surface area contributed by atoms with Gasteiger partial charge in [-0.2, -0.15) is 0 Å². The molecule has 0 aliphatic carbocycles. The Hall–Kier alpha value is -1.09. The first-order chi connectivity index (χ1) is 8.63. The standard InChI is InChI=1S/C14H14Cl2N2/c1-18(9-11-2-4-13(15)5-3-11)10-12-6-7-17-14(16)8-12/h2-8H,9-10H2,1H3. The normalized spacial score (nSPS) is 10.9. The lowest BCUT2D eigenvalue weighted by atomic mass is 10.2. The summed E-state index contributed by atoms with van der Waals surface area (Å²) >= 11 is 11.7. The molecule has 1 heterocycles. The van der Waals surface area contributed by atoms with Crippen LogP contribution in [0.1, 0.15) is 11.1 Å². The number of halogens is 2. The number of hydrogen-bond donors (Lipinski definition) is 0. The second-order valence-electron chi connectivity index (χ2n) is 4.29. The van der Waals surface area contributed by atoms with Gasteiger partial charge in [-0.25, -0.2) is 4.98 Å². The lowest BCUT2D eigenvalue weighted by molar-refractivity contribution is 0.319. The fraction of sp³-hybridized carbons (Fsp3) is 0.214. The van der Waals surface area contributed by atoms with Crippen molar-refractivity contribution in [3.05, 3.63) is 63.9 Å². The topological polar surface area (TPSA) is 16.1 Å². The minimum absolute atomic E-state index is 0.535. The van der Waals surface area contributed by atoms with Crippen molar-refractivity contribution in [3.63, 3.8) is 0 Å². The summed E-state index contributed by atoms with van der Waals surface area (Å²) < 4.78 is 0. The van der Waals surface area contributed by atoms with Crippen LogP contribution in [0.5, 0.6) is 0 Å². The van der Waals surface area contributed by atoms with Crippen molar-refractivity contribution in [2.24, 2.45) is 0 Å². The zero-order valence-corrected chi connectivity index (χ0v) is 11.6. The highest BCUT2D eigenvalue weighted by atomic mass is 35.5. The molecule has 0 aliphatic rings. The smallest absolute Gasteiger partial charge is 0.129 e. The maximum Gasteiger partial charge on any atom is 0.129 e. The van der Waals surface area contributed by atoms with Crippen molar-refractivity contribution in [3.8, 4) is 0 Å². The minimum atomic E-state index is 0.535. The summed E-state index contributed by atoms with van der Waals surface area (Å²) in [6.07, 6.45) is 1.73. The molecule has 2 aromatic rings. The molecular weight excluding hydrogens is 267 g/mol. The molecule has 0 atom stereocenters. The van der Waals surface area contributed by atoms with E-state index in [-0.39, 0.29) is 0 Å². The van der Waals surface area contributed by atoms with E-state index in [1.807, 2.05) is 36.4 Å². The molecule has 18 heavy (non-hydrogen) atoms. The van der Waals surface area contributed by atoms with Crippen LogP contribution in [0, 0.1) is 0 Å². The fourth-order valence-electron chi connectivity index (χ4n) is 1.81. The molecule has 0 amide bonds. The Labute approximate surface area is 117 Å². The van der Waals surface area contributed by atoms with Gasteiger partial charge in [0.2, 0.25) is 0 Å². The first-order valence-corrected chi connectivity index (χ1v) is 6.42. The Morgan fingerprint density at radius 2 is 1.67 bits per heavy atom. The Morgan fingerprint density at radius 1 is 1.00 bits per heavy atom. The summed E-state index contributed by atoms with van der Waals surface area (Å²) in [5.41, 5.74) is 2.40. The molecule has 0 aliphatic heterocycles. The van der Waals surface area contributed by atoms with E-state index in [1.54, 1.807) is 6.20 Å². The van der Waals surface area contributed by atoms with Crippen molar-refractivity contribution < 1.29 is 0 Å². The third-order valence-corrected chi connectivity index (χ3v) is 3.07. The quantitative estimate of drug-likeness (QED) is 0.787. The van der Waals surface area contributed by atoms with Crippen molar-refractivity contribution >= 4 is 23.2 Å². The third-order valence-electron chi connectivity index (χ3n) is 2.61. The number of nitrogens with zero attached hydrogens (tertiary/aromatic N) is 2. The molecule has 0 saturated carbocycles. The van der Waals surface area contributed by atoms with Gasteiger partial charge in [-0.3, -0.25) is 4.90 Å². The zero-order valence-electron chi connectivity index (χ0n) is 10.1. The number of rotatable bonds is 4. The molecule has 0 saturated heterocycles. The van der Waals surface area contributed by atoms with E-state index in [0.29, 0.717) is 5.15 Å². The molecule has 0 N–H and O–H groups in total. The summed E-state index contributed by atoms with van der Waals surface area (Å²) in [4.78, 5) is 6.19. The monoisotopic (exact) mass is 280 g/mol. The van der Waals surface area contributed by atoms with Crippen LogP contribution in [0.15, 0.2) is 42.6 Å². The van der Waals surface area contributed by atoms with E-state index in [4.69, 9.17) is 23.2 Å². The Kier molecular flexibility index (Phi) is 4.59. The van der Waals surface area contributed by atoms with Crippen LogP contribution in [0.2, 0.25) is 10.2 Å². The molecule has 0 spiro atoms. The van der Waals surface area contributed by atoms with Crippen LogP contribution in [-0.4, -0.2) is 16.9 Å². The highest BCUT2D eigenvalue weighted by Gasteiger charge is 2.02. The van der Waals surface area contributed by atoms with Gasteiger partial charge < -0.3 is 0 Å². The van der Waals surface area contributed by atoms with Gasteiger partial charge in [0.1, 0.15) is 5.15 Å². The Balaban J connectivity index is 1.96. The molecule has 0 fully saturated rings. The van der Waals surface area contributed by atoms with E-state index >= 15 is 0 Å². The summed E-state index contributed by atoms with van der Waals surface area (Å²) in [5, 5.41) is 1.30. The van der Waals surface area contributed by atoms with Crippen molar-refractivity contribution in [2.45, 2.75) is 13.1 Å². The van der Waals surface area contributed by atoms with Crippen LogP contribution < -0.4 is 0 Å². The molecule has 0 unspecified atom stereocenters. The lowest BCUT2D eigenvalue weighted by Gasteiger charge is -2.16. The molecule has 4 heteroatoms. The van der Waals surface area contributed by atoms with Gasteiger partial charge >= 0.3 is 0 Å². The Morgan fingerprint density at radius 3 is 2.33 bits per heavy atom. The second-order valence-corrected chi connectivity index (χ2v) is 5.11. The number of aromatic nitrogens is 1. The Bertz CT molecular complexity index is 511. The van der Waals surface area contributed by atoms with Crippen molar-refractivity contribution in [1.82, 2.24) is 9.88 Å². The van der Waals surface area contributed by atoms with Crippen LogP contribution in [0.3, 0.4) is 0 Å². The van der Waals surface area contributed by atoms with Crippen LogP contribution >= 0.6 is 23.2 Å².